The predicted octanol–water partition coefficient (Wildman–Crippen LogP) is 22.1. The number of aliphatic carboxylic acids is 1. The minimum Gasteiger partial charge on any atom is -0.477 e. The molecule has 2 atom stereocenters. The van der Waals surface area contributed by atoms with E-state index < -0.39 is 24.3 Å². The van der Waals surface area contributed by atoms with E-state index in [4.69, 9.17) is 18.9 Å². The number of hydrogen-bond acceptors (Lipinski definition) is 7. The molecule has 0 radical (unpaired) electrons. The fourth-order valence-electron chi connectivity index (χ4n) is 9.58. The molecule has 0 aromatic heterocycles. The van der Waals surface area contributed by atoms with E-state index in [-0.39, 0.29) is 38.6 Å². The summed E-state index contributed by atoms with van der Waals surface area (Å²) in [5.41, 5.74) is 0. The molecule has 1 N–H and O–H groups in total. The Labute approximate surface area is 535 Å². The van der Waals surface area contributed by atoms with E-state index in [9.17, 15) is 19.5 Å². The maximum absolute atomic E-state index is 13.0. The van der Waals surface area contributed by atoms with Crippen LogP contribution in [-0.2, 0) is 33.3 Å². The van der Waals surface area contributed by atoms with Gasteiger partial charge in [-0.25, -0.2) is 4.79 Å². The minimum atomic E-state index is -1.52. The van der Waals surface area contributed by atoms with Crippen molar-refractivity contribution in [1.82, 2.24) is 0 Å². The van der Waals surface area contributed by atoms with Crippen LogP contribution in [-0.4, -0.2) is 87.4 Å². The molecule has 9 nitrogen and oxygen atoms in total. The van der Waals surface area contributed by atoms with Gasteiger partial charge in [-0.15, -0.1) is 0 Å². The number of carboxylic acids is 1. The van der Waals surface area contributed by atoms with Gasteiger partial charge in [0.2, 0.25) is 0 Å². The van der Waals surface area contributed by atoms with E-state index in [1.807, 2.05) is 21.1 Å². The van der Waals surface area contributed by atoms with Crippen LogP contribution in [0.5, 0.6) is 0 Å². The zero-order valence-electron chi connectivity index (χ0n) is 56.6. The second-order valence-electron chi connectivity index (χ2n) is 24.4. The molecule has 2 unspecified atom stereocenters. The lowest BCUT2D eigenvalue weighted by molar-refractivity contribution is -0.870. The number of ether oxygens (including phenoxy) is 4. The van der Waals surface area contributed by atoms with Gasteiger partial charge in [0.15, 0.2) is 6.10 Å². The molecule has 9 heteroatoms. The predicted molar refractivity (Wildman–Crippen MR) is 373 cm³/mol. The van der Waals surface area contributed by atoms with Gasteiger partial charge in [-0.05, 0) is 109 Å². The van der Waals surface area contributed by atoms with Crippen molar-refractivity contribution in [2.45, 2.75) is 296 Å². The Morgan fingerprint density at radius 1 is 0.345 bits per heavy atom. The SMILES string of the molecule is CC/C=C\C/C=C\C/C=C\C/C=C\C/C=C\C/C=C\CCCCCCCCCCCCCCCCCCCCCCC(=O)OC(COC(=O)CCCCCCCCC/C=C\C/C=C\C/C=C\C/C=C\C/C=C\CC)COC(OCC[N+](C)(C)C)C(=O)O. The summed E-state index contributed by atoms with van der Waals surface area (Å²) in [7, 11) is 5.97. The van der Waals surface area contributed by atoms with Crippen LogP contribution in [0.1, 0.15) is 284 Å². The lowest BCUT2D eigenvalue weighted by atomic mass is 10.0. The maximum atomic E-state index is 13.0. The van der Waals surface area contributed by atoms with Crippen molar-refractivity contribution in [3.8, 4) is 0 Å². The third-order valence-corrected chi connectivity index (χ3v) is 14.9. The van der Waals surface area contributed by atoms with Gasteiger partial charge >= 0.3 is 17.9 Å². The average Bonchev–Trinajstić information content (AvgIpc) is 3.55. The summed E-state index contributed by atoms with van der Waals surface area (Å²) < 4.78 is 23.0. The van der Waals surface area contributed by atoms with Gasteiger partial charge in [-0.1, -0.05) is 295 Å². The zero-order chi connectivity index (χ0) is 63.3. The average molecular weight is 1210 g/mol. The third-order valence-electron chi connectivity index (χ3n) is 14.9. The normalized spacial score (nSPS) is 13.5. The Morgan fingerprint density at radius 3 is 0.920 bits per heavy atom. The summed E-state index contributed by atoms with van der Waals surface area (Å²) in [6.45, 7) is 4.65. The number of allylic oxidation sites excluding steroid dienone is 22. The molecule has 0 saturated heterocycles. The summed E-state index contributed by atoms with van der Waals surface area (Å²) in [4.78, 5) is 37.6. The second kappa shape index (κ2) is 67.4. The summed E-state index contributed by atoms with van der Waals surface area (Å²) in [5, 5.41) is 9.75. The number of carbonyl (C=O) groups excluding carboxylic acids is 2. The van der Waals surface area contributed by atoms with Crippen molar-refractivity contribution in [3.05, 3.63) is 134 Å². The largest absolute Gasteiger partial charge is 0.477 e. The first-order valence-electron chi connectivity index (χ1n) is 35.3. The van der Waals surface area contributed by atoms with E-state index in [2.05, 4.69) is 148 Å². The fraction of sp³-hybridized carbons (Fsp3) is 0.679. The monoisotopic (exact) mass is 1210 g/mol. The zero-order valence-corrected chi connectivity index (χ0v) is 56.6. The van der Waals surface area contributed by atoms with Gasteiger partial charge in [0.25, 0.3) is 6.29 Å². The van der Waals surface area contributed by atoms with E-state index >= 15 is 0 Å². The highest BCUT2D eigenvalue weighted by Gasteiger charge is 2.25. The smallest absolute Gasteiger partial charge is 0.361 e. The highest BCUT2D eigenvalue weighted by atomic mass is 16.7. The van der Waals surface area contributed by atoms with Gasteiger partial charge in [0.05, 0.1) is 34.4 Å². The van der Waals surface area contributed by atoms with E-state index in [0.29, 0.717) is 17.4 Å². The molecule has 0 aromatic carbocycles. The van der Waals surface area contributed by atoms with Crippen LogP contribution in [0.2, 0.25) is 0 Å². The van der Waals surface area contributed by atoms with E-state index in [1.54, 1.807) is 0 Å². The fourth-order valence-corrected chi connectivity index (χ4v) is 9.58. The molecule has 0 rings (SSSR count). The van der Waals surface area contributed by atoms with Crippen molar-refractivity contribution in [3.63, 3.8) is 0 Å². The number of carbonyl (C=O) groups is 3. The standard InChI is InChI=1S/C78H131NO8/c1-6-8-10-12-14-16-18-20-22-24-26-28-30-31-32-33-34-35-36-37-38-39-40-41-42-43-44-45-47-49-51-53-55-57-59-61-63-65-67-69-76(81)87-74(73-86-78(77(82)83)84-71-70-79(3,4)5)72-85-75(80)68-66-64-62-60-58-56-54-52-50-48-46-29-27-25-23-21-19-17-15-13-11-9-7-2/h8-11,14-17,20-23,26-29,31-32,34-35,48,50,74,78H,6-7,12-13,18-19,24-25,30,33,36-47,49,51-73H2,1-5H3/p+1/b10-8-,11-9-,16-14-,17-15-,22-20-,23-21-,28-26-,29-27-,32-31-,35-34-,50-48-. The lowest BCUT2D eigenvalue weighted by Gasteiger charge is -2.25. The molecule has 87 heavy (non-hydrogen) atoms. The summed E-state index contributed by atoms with van der Waals surface area (Å²) >= 11 is 0. The highest BCUT2D eigenvalue weighted by Crippen LogP contribution is 2.17. The Kier molecular flexibility index (Phi) is 63.8. The van der Waals surface area contributed by atoms with Crippen LogP contribution >= 0.6 is 0 Å². The van der Waals surface area contributed by atoms with Crippen LogP contribution in [0.25, 0.3) is 0 Å². The number of carboxylic acid groups (broad SMARTS) is 1. The Balaban J connectivity index is 4.08. The topological polar surface area (TPSA) is 108 Å². The first-order chi connectivity index (χ1) is 42.6. The molecule has 0 aliphatic carbocycles. The lowest BCUT2D eigenvalue weighted by Crippen LogP contribution is -2.40. The summed E-state index contributed by atoms with van der Waals surface area (Å²) in [6.07, 6.45) is 94.2. The molecule has 0 amide bonds. The number of nitrogens with zero attached hydrogens (tertiary/aromatic N) is 1. The van der Waals surface area contributed by atoms with Crippen molar-refractivity contribution in [2.24, 2.45) is 0 Å². The van der Waals surface area contributed by atoms with Crippen LogP contribution in [0.15, 0.2) is 134 Å². The van der Waals surface area contributed by atoms with Crippen molar-refractivity contribution >= 4 is 17.9 Å². The van der Waals surface area contributed by atoms with Crippen molar-refractivity contribution in [2.75, 3.05) is 47.5 Å². The minimum absolute atomic E-state index is 0.181. The summed E-state index contributed by atoms with van der Waals surface area (Å²) in [6, 6.07) is 0. The quantitative estimate of drug-likeness (QED) is 0.0211. The molecule has 0 heterocycles. The van der Waals surface area contributed by atoms with Crippen molar-refractivity contribution in [1.29, 1.82) is 0 Å². The van der Waals surface area contributed by atoms with Crippen molar-refractivity contribution < 1.29 is 42.9 Å². The highest BCUT2D eigenvalue weighted by molar-refractivity contribution is 5.71. The second-order valence-corrected chi connectivity index (χ2v) is 24.4. The Hall–Kier alpha value is -4.57. The van der Waals surface area contributed by atoms with Gasteiger partial charge < -0.3 is 28.5 Å². The van der Waals surface area contributed by atoms with Crippen LogP contribution in [0, 0.1) is 0 Å². The molecular formula is C78H132NO8+. The molecular weight excluding hydrogens is 1080 g/mol. The number of unbranched alkanes of at least 4 members (excludes halogenated alkanes) is 27. The third kappa shape index (κ3) is 68.8. The van der Waals surface area contributed by atoms with E-state index in [0.717, 1.165) is 116 Å². The van der Waals surface area contributed by atoms with Crippen LogP contribution in [0.3, 0.4) is 0 Å². The maximum Gasteiger partial charge on any atom is 0.361 e. The molecule has 496 valence electrons. The Morgan fingerprint density at radius 2 is 0.621 bits per heavy atom. The number of likely N-dealkylation sites (N-methyl/N-ethyl adjacent to an activating group) is 1. The Bertz CT molecular complexity index is 1890. The molecule has 0 aliphatic rings. The molecule has 0 fully saturated rings. The molecule has 0 saturated carbocycles. The first-order valence-corrected chi connectivity index (χ1v) is 35.3. The van der Waals surface area contributed by atoms with E-state index in [1.165, 1.54) is 135 Å². The number of hydrogen-bond donors (Lipinski definition) is 1. The number of quaternary nitrogens is 1. The van der Waals surface area contributed by atoms with Crippen LogP contribution in [0.4, 0.5) is 0 Å². The molecule has 0 bridgehead atoms. The molecule has 0 aromatic rings. The summed E-state index contributed by atoms with van der Waals surface area (Å²) in [5.74, 6) is -2.02. The first kappa shape index (κ1) is 82.4. The van der Waals surface area contributed by atoms with Gasteiger partial charge in [0.1, 0.15) is 13.2 Å². The number of esters is 2. The molecule has 0 aliphatic heterocycles. The van der Waals surface area contributed by atoms with Crippen LogP contribution < -0.4 is 0 Å². The van der Waals surface area contributed by atoms with Gasteiger partial charge in [0, 0.05) is 12.8 Å². The number of rotatable bonds is 64. The van der Waals surface area contributed by atoms with Gasteiger partial charge in [-0.3, -0.25) is 9.59 Å². The molecule has 0 spiro atoms. The van der Waals surface area contributed by atoms with Gasteiger partial charge in [-0.2, -0.15) is 0 Å².